The third-order valence-electron chi connectivity index (χ3n) is 6.77. The highest BCUT2D eigenvalue weighted by atomic mass is 79.9. The first-order valence-corrected chi connectivity index (χ1v) is 14.6. The average Bonchev–Trinajstić information content (AvgIpc) is 3.08. The fraction of sp³-hybridized carbons (Fsp3) is 0.176. The first-order valence-electron chi connectivity index (χ1n) is 13.8. The zero-order valence-corrected chi connectivity index (χ0v) is 25.1. The van der Waals surface area contributed by atoms with Crippen molar-refractivity contribution in [2.45, 2.75) is 29.2 Å². The molecule has 1 saturated heterocycles. The fourth-order valence-corrected chi connectivity index (χ4v) is 5.17. The highest BCUT2D eigenvalue weighted by Gasteiger charge is 2.60. The molecule has 0 amide bonds. The molecule has 5 atom stereocenters. The molecule has 0 radical (unpaired) electrons. The van der Waals surface area contributed by atoms with Crippen molar-refractivity contribution in [1.82, 2.24) is 0 Å². The van der Waals surface area contributed by atoms with Crippen molar-refractivity contribution < 1.29 is 47.3 Å². The largest absolute Gasteiger partial charge is 0.458 e. The van der Waals surface area contributed by atoms with Gasteiger partial charge in [0, 0.05) is 0 Å². The van der Waals surface area contributed by atoms with E-state index in [4.69, 9.17) is 23.7 Å². The quantitative estimate of drug-likeness (QED) is 0.121. The Morgan fingerprint density at radius 2 is 0.933 bits per heavy atom. The Morgan fingerprint density at radius 3 is 1.36 bits per heavy atom. The molecule has 1 heterocycles. The second-order valence-corrected chi connectivity index (χ2v) is 11.2. The summed E-state index contributed by atoms with van der Waals surface area (Å²) in [6.07, 6.45) is -7.83. The summed E-state index contributed by atoms with van der Waals surface area (Å²) >= 11 is 3.28. The summed E-state index contributed by atoms with van der Waals surface area (Å²) in [6.45, 7) is -0.702. The van der Waals surface area contributed by atoms with E-state index in [1.165, 1.54) is 48.5 Å². The van der Waals surface area contributed by atoms with Crippen molar-refractivity contribution in [2.24, 2.45) is 0 Å². The van der Waals surface area contributed by atoms with Gasteiger partial charge >= 0.3 is 23.9 Å². The smallest absolute Gasteiger partial charge is 0.338 e. The number of hydrogen-bond acceptors (Lipinski definition) is 9. The van der Waals surface area contributed by atoms with Crippen LogP contribution in [-0.4, -0.2) is 59.7 Å². The lowest BCUT2D eigenvalue weighted by atomic mass is 9.98. The van der Waals surface area contributed by atoms with Gasteiger partial charge in [-0.25, -0.2) is 23.6 Å². The molecule has 11 heteroatoms. The van der Waals surface area contributed by atoms with E-state index in [0.717, 1.165) is 0 Å². The molecule has 0 spiro atoms. The molecule has 4 aromatic rings. The molecule has 0 bridgehead atoms. The van der Waals surface area contributed by atoms with Crippen molar-refractivity contribution in [3.8, 4) is 0 Å². The monoisotopic (exact) mass is 676 g/mol. The molecule has 5 rings (SSSR count). The zero-order chi connectivity index (χ0) is 31.8. The number of alkyl halides is 2. The van der Waals surface area contributed by atoms with Gasteiger partial charge in [-0.1, -0.05) is 72.8 Å². The van der Waals surface area contributed by atoms with Gasteiger partial charge in [0.2, 0.25) is 10.9 Å². The minimum atomic E-state index is -2.44. The van der Waals surface area contributed by atoms with Crippen molar-refractivity contribution in [2.75, 3.05) is 6.61 Å². The van der Waals surface area contributed by atoms with Crippen LogP contribution in [0, 0.1) is 0 Å². The normalized spacial score (nSPS) is 22.4. The van der Waals surface area contributed by atoms with E-state index in [1.54, 1.807) is 72.8 Å². The van der Waals surface area contributed by atoms with Crippen LogP contribution in [0.5, 0.6) is 0 Å². The summed E-state index contributed by atoms with van der Waals surface area (Å²) in [5.41, 5.74) is 0.488. The van der Waals surface area contributed by atoms with Gasteiger partial charge in [0.05, 0.1) is 22.3 Å². The number of benzene rings is 4. The van der Waals surface area contributed by atoms with E-state index in [-0.39, 0.29) is 22.3 Å². The highest BCUT2D eigenvalue weighted by molar-refractivity contribution is 9.10. The fourth-order valence-electron chi connectivity index (χ4n) is 4.52. The van der Waals surface area contributed by atoms with Crippen LogP contribution in [0.25, 0.3) is 0 Å². The van der Waals surface area contributed by atoms with Crippen molar-refractivity contribution in [3.63, 3.8) is 0 Å². The summed E-state index contributed by atoms with van der Waals surface area (Å²) < 4.78 is 42.0. The van der Waals surface area contributed by atoms with E-state index in [0.29, 0.717) is 0 Å². The Balaban J connectivity index is 1.52. The van der Waals surface area contributed by atoms with Crippen molar-refractivity contribution in [1.29, 1.82) is 0 Å². The van der Waals surface area contributed by atoms with Crippen LogP contribution in [-0.2, 0) is 23.7 Å². The molecule has 1 aliphatic heterocycles. The lowest BCUT2D eigenvalue weighted by Crippen LogP contribution is -2.65. The predicted molar refractivity (Wildman–Crippen MR) is 161 cm³/mol. The van der Waals surface area contributed by atoms with Crippen molar-refractivity contribution in [3.05, 3.63) is 144 Å². The van der Waals surface area contributed by atoms with E-state index >= 15 is 4.39 Å². The maximum Gasteiger partial charge on any atom is 0.338 e. The summed E-state index contributed by atoms with van der Waals surface area (Å²) in [4.78, 5) is 52.5. The number of rotatable bonds is 9. The van der Waals surface area contributed by atoms with Gasteiger partial charge in [0.25, 0.3) is 0 Å². The molecular weight excluding hydrogens is 651 g/mol. The van der Waals surface area contributed by atoms with Gasteiger partial charge in [-0.2, -0.15) is 0 Å². The second kappa shape index (κ2) is 14.3. The molecular formula is C34H26BrFO9. The van der Waals surface area contributed by atoms with E-state index in [1.807, 2.05) is 0 Å². The van der Waals surface area contributed by atoms with Crippen LogP contribution in [0.2, 0.25) is 0 Å². The molecule has 9 nitrogen and oxygen atoms in total. The number of ether oxygens (including phenoxy) is 5. The molecule has 0 aromatic heterocycles. The van der Waals surface area contributed by atoms with Crippen LogP contribution in [0.15, 0.2) is 121 Å². The lowest BCUT2D eigenvalue weighted by Gasteiger charge is -2.46. The summed E-state index contributed by atoms with van der Waals surface area (Å²) in [5, 5.41) is 0. The Labute approximate surface area is 265 Å². The lowest BCUT2D eigenvalue weighted by molar-refractivity contribution is -0.271. The maximum atomic E-state index is 16.0. The summed E-state index contributed by atoms with van der Waals surface area (Å²) in [5.74, 6) is -3.55. The first kappa shape index (κ1) is 31.6. The molecule has 0 saturated carbocycles. The van der Waals surface area contributed by atoms with Gasteiger partial charge in [-0.3, -0.25) is 0 Å². The topological polar surface area (TPSA) is 114 Å². The Hall–Kier alpha value is -4.87. The number of esters is 4. The van der Waals surface area contributed by atoms with Crippen LogP contribution < -0.4 is 0 Å². The molecule has 230 valence electrons. The Bertz CT molecular complexity index is 1620. The molecule has 0 aliphatic carbocycles. The van der Waals surface area contributed by atoms with E-state index < -0.39 is 59.7 Å². The Kier molecular flexibility index (Phi) is 10.0. The van der Waals surface area contributed by atoms with Gasteiger partial charge in [0.15, 0.2) is 18.3 Å². The third kappa shape index (κ3) is 7.62. The molecule has 0 N–H and O–H groups in total. The van der Waals surface area contributed by atoms with Crippen LogP contribution in [0.4, 0.5) is 4.39 Å². The SMILES string of the molecule is O=C(OC[C@@]1(Br)O[C@@H](F)[C@H](OC(=O)c2ccccc2)[C@@H](OC(=O)c2ccccc2)[C@@H]1OC(=O)c1ccccc1)c1ccccc1. The standard InChI is InChI=1S/C34H26BrFO9/c35-34(21-41-30(37)22-13-5-1-6-14-22)28(44-33(40)25-19-11-4-12-20-25)26(42-31(38)23-15-7-2-8-16-23)27(29(36)45-34)43-32(39)24-17-9-3-10-18-24/h1-20,26-29H,21H2/t26-,27-,28+,29-,34-/m1/s1. The number of carbonyl (C=O) groups is 4. The van der Waals surface area contributed by atoms with Crippen molar-refractivity contribution >= 4 is 39.8 Å². The molecule has 1 aliphatic rings. The minimum absolute atomic E-state index is 0.0862. The van der Waals surface area contributed by atoms with E-state index in [9.17, 15) is 19.2 Å². The molecule has 45 heavy (non-hydrogen) atoms. The predicted octanol–water partition coefficient (Wildman–Crippen LogP) is 5.94. The van der Waals surface area contributed by atoms with E-state index in [2.05, 4.69) is 15.9 Å². The van der Waals surface area contributed by atoms with Crippen LogP contribution in [0.3, 0.4) is 0 Å². The summed E-state index contributed by atoms with van der Waals surface area (Å²) in [6, 6.07) is 31.4. The first-order chi connectivity index (χ1) is 21.7. The number of carbonyl (C=O) groups excluding carboxylic acids is 4. The molecule has 4 aromatic carbocycles. The minimum Gasteiger partial charge on any atom is -0.458 e. The Morgan fingerprint density at radius 1 is 0.578 bits per heavy atom. The van der Waals surface area contributed by atoms with Crippen LogP contribution in [0.1, 0.15) is 41.4 Å². The average molecular weight is 677 g/mol. The third-order valence-corrected chi connectivity index (χ3v) is 7.64. The van der Waals surface area contributed by atoms with Gasteiger partial charge in [-0.05, 0) is 64.5 Å². The van der Waals surface area contributed by atoms with Gasteiger partial charge < -0.3 is 23.7 Å². The van der Waals surface area contributed by atoms with Gasteiger partial charge in [-0.15, -0.1) is 0 Å². The highest BCUT2D eigenvalue weighted by Crippen LogP contribution is 2.41. The summed E-state index contributed by atoms with van der Waals surface area (Å²) in [7, 11) is 0. The molecule has 1 fully saturated rings. The maximum absolute atomic E-state index is 16.0. The number of hydrogen-bond donors (Lipinski definition) is 0. The second-order valence-electron chi connectivity index (χ2n) is 9.86. The zero-order valence-electron chi connectivity index (χ0n) is 23.5. The van der Waals surface area contributed by atoms with Gasteiger partial charge in [0.1, 0.15) is 6.61 Å². The number of halogens is 2. The molecule has 0 unspecified atom stereocenters. The van der Waals surface area contributed by atoms with Crippen LogP contribution >= 0.6 is 15.9 Å².